The van der Waals surface area contributed by atoms with Crippen LogP contribution in [0, 0.1) is 6.92 Å². The number of rotatable bonds is 5. The third kappa shape index (κ3) is 4.07. The van der Waals surface area contributed by atoms with Crippen LogP contribution in [-0.2, 0) is 4.74 Å². The van der Waals surface area contributed by atoms with Crippen molar-refractivity contribution in [3.05, 3.63) is 65.2 Å². The van der Waals surface area contributed by atoms with E-state index in [1.807, 2.05) is 31.2 Å². The van der Waals surface area contributed by atoms with Crippen LogP contribution in [0.4, 0.5) is 0 Å². The first kappa shape index (κ1) is 15.1. The molecule has 0 bridgehead atoms. The first-order valence-corrected chi connectivity index (χ1v) is 6.66. The lowest BCUT2D eigenvalue weighted by molar-refractivity contribution is 0.0600. The zero-order valence-electron chi connectivity index (χ0n) is 12.1. The summed E-state index contributed by atoms with van der Waals surface area (Å²) in [5.41, 5.74) is 2.30. The molecule has 0 aliphatic heterocycles. The molecule has 2 aromatic rings. The number of carbonyl (C=O) groups excluding carboxylic acids is 1. The lowest BCUT2D eigenvalue weighted by Crippen LogP contribution is -2.10. The fraction of sp³-hybridized carbons (Fsp3) is 0.235. The van der Waals surface area contributed by atoms with E-state index in [1.54, 1.807) is 24.3 Å². The number of esters is 1. The third-order valence-electron chi connectivity index (χ3n) is 3.15. The zero-order valence-corrected chi connectivity index (χ0v) is 12.1. The summed E-state index contributed by atoms with van der Waals surface area (Å²) < 4.78 is 10.2. The van der Waals surface area contributed by atoms with E-state index in [4.69, 9.17) is 4.74 Å². The molecule has 0 saturated carbocycles. The smallest absolute Gasteiger partial charge is 0.337 e. The van der Waals surface area contributed by atoms with E-state index in [9.17, 15) is 9.90 Å². The first-order valence-electron chi connectivity index (χ1n) is 6.66. The molecule has 21 heavy (non-hydrogen) atoms. The van der Waals surface area contributed by atoms with E-state index in [-0.39, 0.29) is 6.61 Å². The summed E-state index contributed by atoms with van der Waals surface area (Å²) in [4.78, 5) is 11.3. The number of hydrogen-bond acceptors (Lipinski definition) is 4. The Kier molecular flexibility index (Phi) is 4.95. The fourth-order valence-electron chi connectivity index (χ4n) is 1.87. The van der Waals surface area contributed by atoms with Gasteiger partial charge in [-0.25, -0.2) is 4.79 Å². The van der Waals surface area contributed by atoms with Gasteiger partial charge in [0.15, 0.2) is 0 Å². The maximum Gasteiger partial charge on any atom is 0.337 e. The van der Waals surface area contributed by atoms with Gasteiger partial charge in [0, 0.05) is 0 Å². The van der Waals surface area contributed by atoms with Gasteiger partial charge in [0.05, 0.1) is 12.7 Å². The summed E-state index contributed by atoms with van der Waals surface area (Å²) in [7, 11) is 1.33. The van der Waals surface area contributed by atoms with Crippen LogP contribution < -0.4 is 4.74 Å². The highest BCUT2D eigenvalue weighted by Gasteiger charge is 2.10. The van der Waals surface area contributed by atoms with Gasteiger partial charge >= 0.3 is 5.97 Å². The van der Waals surface area contributed by atoms with Crippen molar-refractivity contribution in [2.45, 2.75) is 13.0 Å². The van der Waals surface area contributed by atoms with Crippen LogP contribution in [0.3, 0.4) is 0 Å². The van der Waals surface area contributed by atoms with Gasteiger partial charge < -0.3 is 14.6 Å². The van der Waals surface area contributed by atoms with Crippen LogP contribution in [-0.4, -0.2) is 24.8 Å². The van der Waals surface area contributed by atoms with Gasteiger partial charge in [-0.3, -0.25) is 0 Å². The summed E-state index contributed by atoms with van der Waals surface area (Å²) in [6.07, 6.45) is -0.752. The Balaban J connectivity index is 1.95. The Morgan fingerprint density at radius 2 is 1.71 bits per heavy atom. The molecule has 0 saturated heterocycles. The fourth-order valence-corrected chi connectivity index (χ4v) is 1.87. The number of aryl methyl sites for hydroxylation is 1. The highest BCUT2D eigenvalue weighted by atomic mass is 16.5. The molecule has 2 aromatic carbocycles. The Bertz CT molecular complexity index is 587. The molecule has 110 valence electrons. The number of aliphatic hydroxyl groups is 1. The SMILES string of the molecule is COC(=O)c1ccc([C@@H](O)COc2ccc(C)cc2)cc1. The average molecular weight is 286 g/mol. The van der Waals surface area contributed by atoms with E-state index < -0.39 is 12.1 Å². The lowest BCUT2D eigenvalue weighted by Gasteiger charge is -2.13. The summed E-state index contributed by atoms with van der Waals surface area (Å²) in [5.74, 6) is 0.317. The second-order valence-electron chi connectivity index (χ2n) is 4.75. The van der Waals surface area contributed by atoms with Gasteiger partial charge in [-0.2, -0.15) is 0 Å². The Labute approximate surface area is 123 Å². The van der Waals surface area contributed by atoms with Crippen molar-refractivity contribution in [3.8, 4) is 5.75 Å². The van der Waals surface area contributed by atoms with Crippen molar-refractivity contribution >= 4 is 5.97 Å². The van der Waals surface area contributed by atoms with Gasteiger partial charge in [0.2, 0.25) is 0 Å². The minimum Gasteiger partial charge on any atom is -0.491 e. The molecule has 0 aromatic heterocycles. The molecule has 1 atom stereocenters. The lowest BCUT2D eigenvalue weighted by atomic mass is 10.1. The van der Waals surface area contributed by atoms with Gasteiger partial charge in [-0.15, -0.1) is 0 Å². The number of ether oxygens (including phenoxy) is 2. The molecule has 0 radical (unpaired) electrons. The largest absolute Gasteiger partial charge is 0.491 e. The van der Waals surface area contributed by atoms with Crippen molar-refractivity contribution in [1.82, 2.24) is 0 Å². The molecule has 4 nitrogen and oxygen atoms in total. The Morgan fingerprint density at radius 3 is 2.29 bits per heavy atom. The summed E-state index contributed by atoms with van der Waals surface area (Å²) in [5, 5.41) is 10.1. The third-order valence-corrected chi connectivity index (χ3v) is 3.15. The van der Waals surface area contributed by atoms with Crippen molar-refractivity contribution in [3.63, 3.8) is 0 Å². The molecule has 2 rings (SSSR count). The molecule has 0 heterocycles. The van der Waals surface area contributed by atoms with Gasteiger partial charge in [-0.1, -0.05) is 29.8 Å². The van der Waals surface area contributed by atoms with Crippen molar-refractivity contribution in [1.29, 1.82) is 0 Å². The molecule has 0 spiro atoms. The van der Waals surface area contributed by atoms with Gasteiger partial charge in [0.25, 0.3) is 0 Å². The van der Waals surface area contributed by atoms with E-state index in [0.29, 0.717) is 16.9 Å². The molecule has 0 unspecified atom stereocenters. The number of benzene rings is 2. The highest BCUT2D eigenvalue weighted by Crippen LogP contribution is 2.17. The average Bonchev–Trinajstić information content (AvgIpc) is 2.53. The molecule has 0 amide bonds. The van der Waals surface area contributed by atoms with Crippen molar-refractivity contribution in [2.75, 3.05) is 13.7 Å². The summed E-state index contributed by atoms with van der Waals surface area (Å²) in [6.45, 7) is 2.15. The Hall–Kier alpha value is -2.33. The number of methoxy groups -OCH3 is 1. The highest BCUT2D eigenvalue weighted by molar-refractivity contribution is 5.89. The van der Waals surface area contributed by atoms with Crippen LogP contribution in [0.25, 0.3) is 0 Å². The summed E-state index contributed by atoms with van der Waals surface area (Å²) >= 11 is 0. The second-order valence-corrected chi connectivity index (χ2v) is 4.75. The molecule has 0 fully saturated rings. The standard InChI is InChI=1S/C17H18O4/c1-12-3-9-15(10-4-12)21-11-16(18)13-5-7-14(8-6-13)17(19)20-2/h3-10,16,18H,11H2,1-2H3/t16-/m0/s1. The van der Waals surface area contributed by atoms with E-state index in [0.717, 1.165) is 5.56 Å². The van der Waals surface area contributed by atoms with Crippen LogP contribution in [0.2, 0.25) is 0 Å². The maximum absolute atomic E-state index is 11.3. The number of hydrogen-bond donors (Lipinski definition) is 1. The number of aliphatic hydroxyl groups excluding tert-OH is 1. The zero-order chi connectivity index (χ0) is 15.2. The normalized spacial score (nSPS) is 11.8. The Morgan fingerprint density at radius 1 is 1.10 bits per heavy atom. The van der Waals surface area contributed by atoms with Gasteiger partial charge in [-0.05, 0) is 36.8 Å². The monoisotopic (exact) mass is 286 g/mol. The van der Waals surface area contributed by atoms with Crippen molar-refractivity contribution in [2.24, 2.45) is 0 Å². The molecule has 4 heteroatoms. The molecule has 0 aliphatic rings. The predicted molar refractivity (Wildman–Crippen MR) is 79.4 cm³/mol. The van der Waals surface area contributed by atoms with Crippen LogP contribution >= 0.6 is 0 Å². The van der Waals surface area contributed by atoms with E-state index in [1.165, 1.54) is 7.11 Å². The van der Waals surface area contributed by atoms with Crippen LogP contribution in [0.15, 0.2) is 48.5 Å². The predicted octanol–water partition coefficient (Wildman–Crippen LogP) is 2.89. The molecule has 0 aliphatic carbocycles. The van der Waals surface area contributed by atoms with E-state index >= 15 is 0 Å². The first-order chi connectivity index (χ1) is 10.1. The van der Waals surface area contributed by atoms with Crippen molar-refractivity contribution < 1.29 is 19.4 Å². The topological polar surface area (TPSA) is 55.8 Å². The van der Waals surface area contributed by atoms with Gasteiger partial charge in [0.1, 0.15) is 18.5 Å². The second kappa shape index (κ2) is 6.90. The van der Waals surface area contributed by atoms with Crippen LogP contribution in [0.1, 0.15) is 27.6 Å². The minimum atomic E-state index is -0.752. The maximum atomic E-state index is 11.3. The molecule has 1 N–H and O–H groups in total. The molecular weight excluding hydrogens is 268 g/mol. The molecular formula is C17H18O4. The number of carbonyl (C=O) groups is 1. The quantitative estimate of drug-likeness (QED) is 0.859. The van der Waals surface area contributed by atoms with Crippen LogP contribution in [0.5, 0.6) is 5.75 Å². The summed E-state index contributed by atoms with van der Waals surface area (Å²) in [6, 6.07) is 14.3. The minimum absolute atomic E-state index is 0.153. The van der Waals surface area contributed by atoms with E-state index in [2.05, 4.69) is 4.74 Å².